The summed E-state index contributed by atoms with van der Waals surface area (Å²) in [5.41, 5.74) is 1.97. The lowest BCUT2D eigenvalue weighted by atomic mass is 10.2. The van der Waals surface area contributed by atoms with Gasteiger partial charge in [-0.05, 0) is 35.6 Å². The number of aromatic nitrogens is 4. The summed E-state index contributed by atoms with van der Waals surface area (Å²) in [5, 5.41) is 11.0. The van der Waals surface area contributed by atoms with Crippen molar-refractivity contribution in [1.29, 1.82) is 0 Å². The van der Waals surface area contributed by atoms with Crippen LogP contribution in [0.2, 0.25) is 0 Å². The van der Waals surface area contributed by atoms with Crippen LogP contribution in [0.1, 0.15) is 17.8 Å². The van der Waals surface area contributed by atoms with Crippen molar-refractivity contribution in [2.45, 2.75) is 26.1 Å². The topological polar surface area (TPSA) is 90.0 Å². The van der Waals surface area contributed by atoms with Crippen molar-refractivity contribution in [3.05, 3.63) is 82.7 Å². The average molecular weight is 352 g/mol. The molecule has 3 aromatic heterocycles. The number of rotatable bonds is 9. The van der Waals surface area contributed by atoms with Crippen molar-refractivity contribution in [2.24, 2.45) is 0 Å². The molecule has 0 amide bonds. The Morgan fingerprint density at radius 1 is 0.962 bits per heavy atom. The molecule has 0 N–H and O–H groups in total. The Hall–Kier alpha value is -3.13. The average Bonchev–Trinajstić information content (AvgIpc) is 3.12. The van der Waals surface area contributed by atoms with Gasteiger partial charge in [0, 0.05) is 32.0 Å². The smallest absolute Gasteiger partial charge is 0.390 e. The molecular weight excluding hydrogens is 332 g/mol. The van der Waals surface area contributed by atoms with E-state index in [1.165, 1.54) is 6.20 Å². The van der Waals surface area contributed by atoms with Crippen molar-refractivity contribution >= 4 is 5.95 Å². The van der Waals surface area contributed by atoms with E-state index in [1.807, 2.05) is 36.4 Å². The highest BCUT2D eigenvalue weighted by Gasteiger charge is 2.14. The summed E-state index contributed by atoms with van der Waals surface area (Å²) >= 11 is 0. The highest BCUT2D eigenvalue weighted by molar-refractivity contribution is 5.07. The maximum atomic E-state index is 11.0. The Bertz CT molecular complexity index is 780. The van der Waals surface area contributed by atoms with Crippen LogP contribution in [0.3, 0.4) is 0 Å². The largest absolute Gasteiger partial charge is 0.434 e. The zero-order valence-corrected chi connectivity index (χ0v) is 14.3. The molecule has 0 unspecified atom stereocenters. The Morgan fingerprint density at radius 3 is 2.15 bits per heavy atom. The number of aryl methyl sites for hydroxylation is 1. The van der Waals surface area contributed by atoms with E-state index < -0.39 is 4.92 Å². The predicted octanol–water partition coefficient (Wildman–Crippen LogP) is 2.67. The zero-order chi connectivity index (χ0) is 18.2. The summed E-state index contributed by atoms with van der Waals surface area (Å²) in [6.07, 6.45) is 7.42. The summed E-state index contributed by atoms with van der Waals surface area (Å²) < 4.78 is 1.57. The third-order valence-electron chi connectivity index (χ3n) is 3.95. The standard InChI is InChI=1S/C18H20N6O2/c25-24(26)18-21-10-13-23(18)12-5-11-22(14-16-6-1-3-8-19-16)15-17-7-2-4-9-20-17/h1-4,6-10,13H,5,11-12,14-15H2. The number of hydrogen-bond donors (Lipinski definition) is 0. The Kier molecular flexibility index (Phi) is 6.00. The van der Waals surface area contributed by atoms with E-state index >= 15 is 0 Å². The van der Waals surface area contributed by atoms with E-state index in [1.54, 1.807) is 23.2 Å². The number of hydrogen-bond acceptors (Lipinski definition) is 6. The van der Waals surface area contributed by atoms with Gasteiger partial charge in [0.2, 0.25) is 0 Å². The van der Waals surface area contributed by atoms with Crippen molar-refractivity contribution in [3.63, 3.8) is 0 Å². The molecule has 0 aliphatic rings. The molecule has 0 aromatic carbocycles. The quantitative estimate of drug-likeness (QED) is 0.434. The van der Waals surface area contributed by atoms with E-state index in [9.17, 15) is 10.1 Å². The van der Waals surface area contributed by atoms with Gasteiger partial charge in [-0.2, -0.15) is 0 Å². The molecule has 134 valence electrons. The molecule has 0 saturated carbocycles. The minimum absolute atomic E-state index is 0.119. The third kappa shape index (κ3) is 4.93. The predicted molar refractivity (Wildman–Crippen MR) is 96.1 cm³/mol. The van der Waals surface area contributed by atoms with Crippen molar-refractivity contribution < 1.29 is 4.92 Å². The Labute approximate surface area is 151 Å². The van der Waals surface area contributed by atoms with Crippen molar-refractivity contribution in [1.82, 2.24) is 24.4 Å². The fraction of sp³-hybridized carbons (Fsp3) is 0.278. The number of nitro groups is 1. The molecule has 8 heteroatoms. The van der Waals surface area contributed by atoms with Gasteiger partial charge >= 0.3 is 5.95 Å². The lowest BCUT2D eigenvalue weighted by Crippen LogP contribution is -2.26. The Morgan fingerprint density at radius 2 is 1.62 bits per heavy atom. The van der Waals surface area contributed by atoms with Crippen LogP contribution in [0.5, 0.6) is 0 Å². The second-order valence-corrected chi connectivity index (χ2v) is 5.88. The molecule has 0 spiro atoms. The van der Waals surface area contributed by atoms with Gasteiger partial charge in [-0.1, -0.05) is 17.1 Å². The SMILES string of the molecule is O=[N+]([O-])c1nccn1CCCN(Cc1ccccn1)Cc1ccccn1. The van der Waals surface area contributed by atoms with Crippen LogP contribution in [-0.4, -0.2) is 35.9 Å². The van der Waals surface area contributed by atoms with Gasteiger partial charge in [0.15, 0.2) is 0 Å². The molecule has 0 aliphatic heterocycles. The summed E-state index contributed by atoms with van der Waals surface area (Å²) in [5.74, 6) is -0.119. The fourth-order valence-electron chi connectivity index (χ4n) is 2.77. The van der Waals surface area contributed by atoms with Gasteiger partial charge in [-0.3, -0.25) is 14.9 Å². The molecule has 3 rings (SSSR count). The first-order valence-corrected chi connectivity index (χ1v) is 8.40. The molecule has 8 nitrogen and oxygen atoms in total. The molecule has 0 bridgehead atoms. The van der Waals surface area contributed by atoms with Crippen LogP contribution in [0.4, 0.5) is 5.95 Å². The normalized spacial score (nSPS) is 11.0. The molecule has 3 aromatic rings. The highest BCUT2D eigenvalue weighted by Crippen LogP contribution is 2.11. The number of imidazole rings is 1. The van der Waals surface area contributed by atoms with E-state index in [-0.39, 0.29) is 5.95 Å². The first kappa shape index (κ1) is 17.7. The summed E-state index contributed by atoms with van der Waals surface area (Å²) in [7, 11) is 0. The highest BCUT2D eigenvalue weighted by atomic mass is 16.6. The molecule has 0 fully saturated rings. The summed E-state index contributed by atoms with van der Waals surface area (Å²) in [4.78, 5) is 25.3. The van der Waals surface area contributed by atoms with Gasteiger partial charge in [0.1, 0.15) is 12.4 Å². The zero-order valence-electron chi connectivity index (χ0n) is 14.3. The minimum Gasteiger partial charge on any atom is -0.390 e. The fourth-order valence-corrected chi connectivity index (χ4v) is 2.77. The van der Waals surface area contributed by atoms with Crippen LogP contribution in [0, 0.1) is 10.1 Å². The minimum atomic E-state index is -0.459. The molecule has 0 atom stereocenters. The first-order valence-electron chi connectivity index (χ1n) is 8.40. The number of pyridine rings is 2. The van der Waals surface area contributed by atoms with Crippen LogP contribution in [0.25, 0.3) is 0 Å². The maximum Gasteiger partial charge on any atom is 0.434 e. The van der Waals surface area contributed by atoms with Crippen LogP contribution in [-0.2, 0) is 19.6 Å². The van der Waals surface area contributed by atoms with E-state index in [0.29, 0.717) is 19.6 Å². The molecule has 3 heterocycles. The molecule has 0 aliphatic carbocycles. The third-order valence-corrected chi connectivity index (χ3v) is 3.95. The summed E-state index contributed by atoms with van der Waals surface area (Å²) in [6.45, 7) is 2.70. The van der Waals surface area contributed by atoms with Crippen molar-refractivity contribution in [3.8, 4) is 0 Å². The van der Waals surface area contributed by atoms with Crippen LogP contribution < -0.4 is 0 Å². The molecule has 26 heavy (non-hydrogen) atoms. The maximum absolute atomic E-state index is 11.0. The van der Waals surface area contributed by atoms with Crippen molar-refractivity contribution in [2.75, 3.05) is 6.54 Å². The molecule has 0 radical (unpaired) electrons. The van der Waals surface area contributed by atoms with Gasteiger partial charge in [-0.15, -0.1) is 0 Å². The lowest BCUT2D eigenvalue weighted by molar-refractivity contribution is -0.396. The number of nitrogens with zero attached hydrogens (tertiary/aromatic N) is 6. The summed E-state index contributed by atoms with van der Waals surface area (Å²) in [6, 6.07) is 11.7. The van der Waals surface area contributed by atoms with Crippen LogP contribution >= 0.6 is 0 Å². The van der Waals surface area contributed by atoms with E-state index in [2.05, 4.69) is 19.9 Å². The van der Waals surface area contributed by atoms with Gasteiger partial charge < -0.3 is 10.1 Å². The first-order chi connectivity index (χ1) is 12.7. The van der Waals surface area contributed by atoms with Gasteiger partial charge in [0.25, 0.3) is 0 Å². The van der Waals surface area contributed by atoms with Gasteiger partial charge in [-0.25, -0.2) is 4.57 Å². The molecular formula is C18H20N6O2. The van der Waals surface area contributed by atoms with Crippen LogP contribution in [0.15, 0.2) is 61.2 Å². The second kappa shape index (κ2) is 8.82. The lowest BCUT2D eigenvalue weighted by Gasteiger charge is -2.21. The van der Waals surface area contributed by atoms with E-state index in [0.717, 1.165) is 24.4 Å². The second-order valence-electron chi connectivity index (χ2n) is 5.88. The van der Waals surface area contributed by atoms with E-state index in [4.69, 9.17) is 0 Å². The van der Waals surface area contributed by atoms with Gasteiger partial charge in [0.05, 0.1) is 17.9 Å². The Balaban J connectivity index is 1.63. The molecule has 0 saturated heterocycles. The monoisotopic (exact) mass is 352 g/mol.